The monoisotopic (exact) mass is 496 g/mol. The van der Waals surface area contributed by atoms with Crippen LogP contribution in [0.4, 0.5) is 5.82 Å². The molecule has 9 nitrogen and oxygen atoms in total. The minimum Gasteiger partial charge on any atom is -0.384 e. The molecule has 1 aliphatic carbocycles. The van der Waals surface area contributed by atoms with E-state index in [2.05, 4.69) is 26.6 Å². The number of tetrazole rings is 1. The first-order valence-corrected chi connectivity index (χ1v) is 12.1. The molecule has 0 spiro atoms. The van der Waals surface area contributed by atoms with Crippen molar-refractivity contribution in [3.63, 3.8) is 0 Å². The SMILES string of the molecule is Cc1nc(N)ccc1C1=CN=C([C@@H]2[C@H]3C[C@H]3c3cc(-c4cc(Cl)ccc4-n4cnnn4)cc(=O)n32)C1. The standard InChI is InChI=1S/C26H21ClN8O/c1-13-17(3-5-24(28)31-13)15-6-21(29-11-15)26-20-10-19(20)23-7-14(8-25(36)35(23)26)18-9-16(27)2-4-22(18)34-12-30-32-33-34/h2-5,7-9,11-12,19-20,26H,6,10H2,1H3,(H2,28,31)/t19-,20+,26+/m1/s1. The highest BCUT2D eigenvalue weighted by Crippen LogP contribution is 2.60. The van der Waals surface area contributed by atoms with Crippen LogP contribution in [0.1, 0.15) is 41.8 Å². The van der Waals surface area contributed by atoms with Crippen LogP contribution >= 0.6 is 11.6 Å². The minimum atomic E-state index is -0.0381. The quantitative estimate of drug-likeness (QED) is 0.457. The number of nitrogen functional groups attached to an aromatic ring is 1. The number of rotatable bonds is 4. The van der Waals surface area contributed by atoms with Gasteiger partial charge in [-0.2, -0.15) is 4.68 Å². The van der Waals surface area contributed by atoms with Gasteiger partial charge in [-0.05, 0) is 77.2 Å². The molecule has 2 N–H and O–H groups in total. The predicted octanol–water partition coefficient (Wildman–Crippen LogP) is 3.97. The molecule has 10 heteroatoms. The lowest BCUT2D eigenvalue weighted by Crippen LogP contribution is -2.29. The van der Waals surface area contributed by atoms with E-state index in [9.17, 15) is 4.79 Å². The number of aromatic nitrogens is 6. The van der Waals surface area contributed by atoms with Crippen molar-refractivity contribution in [2.24, 2.45) is 10.9 Å². The highest BCUT2D eigenvalue weighted by Gasteiger charge is 2.54. The number of nitrogens with zero attached hydrogens (tertiary/aromatic N) is 7. The van der Waals surface area contributed by atoms with Crippen molar-refractivity contribution in [1.82, 2.24) is 29.8 Å². The van der Waals surface area contributed by atoms with Crippen molar-refractivity contribution in [2.45, 2.75) is 31.7 Å². The number of anilines is 1. The van der Waals surface area contributed by atoms with E-state index in [1.54, 1.807) is 16.8 Å². The fourth-order valence-corrected chi connectivity index (χ4v) is 5.93. The smallest absolute Gasteiger partial charge is 0.251 e. The maximum atomic E-state index is 13.6. The lowest BCUT2D eigenvalue weighted by atomic mass is 9.97. The number of hydrogen-bond donors (Lipinski definition) is 1. The Morgan fingerprint density at radius 3 is 2.81 bits per heavy atom. The molecule has 1 fully saturated rings. The fourth-order valence-electron chi connectivity index (χ4n) is 5.75. The van der Waals surface area contributed by atoms with Crippen molar-refractivity contribution < 1.29 is 0 Å². The molecule has 0 unspecified atom stereocenters. The number of nitrogens with two attached hydrogens (primary N) is 1. The molecular formula is C26H21ClN8O. The Kier molecular flexibility index (Phi) is 4.53. The zero-order valence-electron chi connectivity index (χ0n) is 19.3. The normalized spacial score (nSPS) is 21.7. The molecule has 36 heavy (non-hydrogen) atoms. The van der Waals surface area contributed by atoms with Crippen LogP contribution in [0.2, 0.25) is 5.02 Å². The molecule has 0 radical (unpaired) electrons. The van der Waals surface area contributed by atoms with Gasteiger partial charge >= 0.3 is 0 Å². The summed E-state index contributed by atoms with van der Waals surface area (Å²) < 4.78 is 3.51. The zero-order chi connectivity index (χ0) is 24.6. The summed E-state index contributed by atoms with van der Waals surface area (Å²) in [6.07, 6.45) is 5.20. The Bertz CT molecular complexity index is 1670. The van der Waals surface area contributed by atoms with E-state index in [1.807, 2.05) is 42.0 Å². The van der Waals surface area contributed by atoms with Crippen LogP contribution in [-0.2, 0) is 0 Å². The fraction of sp³-hybridized carbons (Fsp3) is 0.231. The molecule has 7 rings (SSSR count). The molecule has 0 amide bonds. The largest absolute Gasteiger partial charge is 0.384 e. The van der Waals surface area contributed by atoms with Gasteiger partial charge in [-0.15, -0.1) is 5.10 Å². The number of halogens is 1. The third-order valence-electron chi connectivity index (χ3n) is 7.42. The lowest BCUT2D eigenvalue weighted by Gasteiger charge is -2.20. The summed E-state index contributed by atoms with van der Waals surface area (Å²) >= 11 is 6.34. The van der Waals surface area contributed by atoms with E-state index in [0.29, 0.717) is 29.1 Å². The van der Waals surface area contributed by atoms with Crippen LogP contribution in [0, 0.1) is 12.8 Å². The van der Waals surface area contributed by atoms with Crippen LogP contribution in [0.3, 0.4) is 0 Å². The number of aliphatic imine (C=N–C) groups is 1. The number of benzene rings is 1. The van der Waals surface area contributed by atoms with E-state index in [1.165, 1.54) is 6.33 Å². The van der Waals surface area contributed by atoms with Gasteiger partial charge in [0.05, 0.1) is 11.7 Å². The molecule has 2 aliphatic heterocycles. The average Bonchev–Trinajstić information content (AvgIpc) is 3.20. The van der Waals surface area contributed by atoms with Gasteiger partial charge in [-0.3, -0.25) is 9.79 Å². The van der Waals surface area contributed by atoms with Crippen LogP contribution in [0.15, 0.2) is 64.8 Å². The first kappa shape index (κ1) is 21.2. The van der Waals surface area contributed by atoms with Gasteiger partial charge in [-0.25, -0.2) is 4.98 Å². The number of pyridine rings is 2. The molecule has 1 saturated carbocycles. The molecule has 3 aromatic heterocycles. The topological polar surface area (TPSA) is 117 Å². The first-order valence-electron chi connectivity index (χ1n) is 11.8. The Morgan fingerprint density at radius 1 is 1.11 bits per heavy atom. The van der Waals surface area contributed by atoms with Crippen LogP contribution < -0.4 is 11.3 Å². The van der Waals surface area contributed by atoms with Crippen molar-refractivity contribution in [3.8, 4) is 16.8 Å². The Morgan fingerprint density at radius 2 is 2.00 bits per heavy atom. The average molecular weight is 497 g/mol. The second kappa shape index (κ2) is 7.69. The summed E-state index contributed by atoms with van der Waals surface area (Å²) in [6, 6.07) is 13.1. The molecule has 0 saturated heterocycles. The molecule has 4 aromatic rings. The van der Waals surface area contributed by atoms with Crippen molar-refractivity contribution in [3.05, 3.63) is 87.3 Å². The van der Waals surface area contributed by atoms with Gasteiger partial charge in [0.15, 0.2) is 0 Å². The first-order chi connectivity index (χ1) is 17.5. The number of aryl methyl sites for hydroxylation is 1. The number of hydrogen-bond acceptors (Lipinski definition) is 7. The second-order valence-electron chi connectivity index (χ2n) is 9.56. The minimum absolute atomic E-state index is 0.0271. The summed E-state index contributed by atoms with van der Waals surface area (Å²) in [5.41, 5.74) is 13.3. The highest BCUT2D eigenvalue weighted by molar-refractivity contribution is 6.31. The molecule has 0 bridgehead atoms. The van der Waals surface area contributed by atoms with E-state index in [-0.39, 0.29) is 11.6 Å². The lowest BCUT2D eigenvalue weighted by molar-refractivity contribution is 0.584. The molecular weight excluding hydrogens is 476 g/mol. The molecule has 5 heterocycles. The zero-order valence-corrected chi connectivity index (χ0v) is 20.1. The summed E-state index contributed by atoms with van der Waals surface area (Å²) in [5.74, 6) is 1.25. The second-order valence-corrected chi connectivity index (χ2v) is 10.0. The van der Waals surface area contributed by atoms with Crippen molar-refractivity contribution >= 4 is 28.7 Å². The summed E-state index contributed by atoms with van der Waals surface area (Å²) in [5, 5.41) is 12.1. The highest BCUT2D eigenvalue weighted by atomic mass is 35.5. The van der Waals surface area contributed by atoms with E-state index in [0.717, 1.165) is 51.5 Å². The van der Waals surface area contributed by atoms with Gasteiger partial charge in [0, 0.05) is 57.9 Å². The van der Waals surface area contributed by atoms with Gasteiger partial charge in [-0.1, -0.05) is 11.6 Å². The van der Waals surface area contributed by atoms with Gasteiger partial charge in [0.2, 0.25) is 0 Å². The van der Waals surface area contributed by atoms with E-state index < -0.39 is 0 Å². The van der Waals surface area contributed by atoms with Crippen molar-refractivity contribution in [2.75, 3.05) is 5.73 Å². The Labute approximate surface area is 211 Å². The maximum Gasteiger partial charge on any atom is 0.251 e. The van der Waals surface area contributed by atoms with Crippen molar-refractivity contribution in [1.29, 1.82) is 0 Å². The van der Waals surface area contributed by atoms with E-state index in [4.69, 9.17) is 22.3 Å². The third kappa shape index (κ3) is 3.23. The van der Waals surface area contributed by atoms with Crippen LogP contribution in [0.5, 0.6) is 0 Å². The summed E-state index contributed by atoms with van der Waals surface area (Å²) in [6.45, 7) is 1.96. The molecule has 3 aliphatic rings. The number of fused-ring (bicyclic) bond motifs is 3. The predicted molar refractivity (Wildman–Crippen MR) is 137 cm³/mol. The van der Waals surface area contributed by atoms with Gasteiger partial charge in [0.25, 0.3) is 5.56 Å². The molecule has 3 atom stereocenters. The Balaban J connectivity index is 1.25. The Hall–Kier alpha value is -4.11. The molecule has 178 valence electrons. The maximum absolute atomic E-state index is 13.6. The van der Waals surface area contributed by atoms with Crippen LogP contribution in [-0.4, -0.2) is 35.5 Å². The van der Waals surface area contributed by atoms with Gasteiger partial charge < -0.3 is 10.3 Å². The summed E-state index contributed by atoms with van der Waals surface area (Å²) in [7, 11) is 0. The third-order valence-corrected chi connectivity index (χ3v) is 7.65. The van der Waals surface area contributed by atoms with E-state index >= 15 is 0 Å². The van der Waals surface area contributed by atoms with Gasteiger partial charge in [0.1, 0.15) is 12.1 Å². The summed E-state index contributed by atoms with van der Waals surface area (Å²) in [4.78, 5) is 22.7. The number of allylic oxidation sites excluding steroid dienone is 1. The molecule has 1 aromatic carbocycles. The van der Waals surface area contributed by atoms with Crippen LogP contribution in [0.25, 0.3) is 22.4 Å².